The third-order valence-corrected chi connectivity index (χ3v) is 4.96. The molecule has 0 aromatic heterocycles. The van der Waals surface area contributed by atoms with Crippen molar-refractivity contribution in [3.8, 4) is 11.5 Å². The molecule has 0 fully saturated rings. The number of amidine groups is 1. The van der Waals surface area contributed by atoms with Crippen molar-refractivity contribution in [2.75, 3.05) is 13.1 Å². The maximum Gasteiger partial charge on any atom is 0.162 e. The van der Waals surface area contributed by atoms with Crippen molar-refractivity contribution in [1.82, 2.24) is 5.32 Å². The van der Waals surface area contributed by atoms with E-state index in [1.54, 1.807) is 0 Å². The highest BCUT2D eigenvalue weighted by Gasteiger charge is 2.23. The number of rotatable bonds is 8. The second-order valence-corrected chi connectivity index (χ2v) is 7.11. The van der Waals surface area contributed by atoms with Crippen LogP contribution in [0, 0.1) is 0 Å². The van der Waals surface area contributed by atoms with E-state index >= 15 is 0 Å². The quantitative estimate of drug-likeness (QED) is 0.604. The summed E-state index contributed by atoms with van der Waals surface area (Å²) in [5, 5.41) is 3.37. The molecular formula is C25H26N2O2. The van der Waals surface area contributed by atoms with Crippen LogP contribution in [0.2, 0.25) is 0 Å². The predicted molar refractivity (Wildman–Crippen MR) is 117 cm³/mol. The van der Waals surface area contributed by atoms with Gasteiger partial charge in [0.25, 0.3) is 0 Å². The van der Waals surface area contributed by atoms with Gasteiger partial charge in [0.2, 0.25) is 0 Å². The molecule has 0 bridgehead atoms. The summed E-state index contributed by atoms with van der Waals surface area (Å²) in [6.07, 6.45) is 0.488. The first-order valence-corrected chi connectivity index (χ1v) is 10.1. The first kappa shape index (κ1) is 19.1. The fraction of sp³-hybridized carbons (Fsp3) is 0.240. The largest absolute Gasteiger partial charge is 0.482 e. The van der Waals surface area contributed by atoms with E-state index < -0.39 is 0 Å². The zero-order chi connectivity index (χ0) is 19.9. The van der Waals surface area contributed by atoms with Crippen LogP contribution in [0.15, 0.2) is 89.9 Å². The van der Waals surface area contributed by atoms with Crippen molar-refractivity contribution in [2.24, 2.45) is 4.99 Å². The van der Waals surface area contributed by atoms with Gasteiger partial charge in [-0.3, -0.25) is 4.99 Å². The zero-order valence-corrected chi connectivity index (χ0v) is 16.6. The summed E-state index contributed by atoms with van der Waals surface area (Å²) in [6, 6.07) is 28.4. The molecule has 0 saturated carbocycles. The van der Waals surface area contributed by atoms with E-state index in [4.69, 9.17) is 9.47 Å². The third kappa shape index (κ3) is 4.96. The van der Waals surface area contributed by atoms with Crippen molar-refractivity contribution in [1.29, 1.82) is 0 Å². The van der Waals surface area contributed by atoms with E-state index in [1.807, 2.05) is 48.5 Å². The van der Waals surface area contributed by atoms with E-state index in [-0.39, 0.29) is 12.2 Å². The van der Waals surface area contributed by atoms with Crippen LogP contribution in [0.1, 0.15) is 24.2 Å². The zero-order valence-electron chi connectivity index (χ0n) is 16.6. The molecule has 4 rings (SSSR count). The molecule has 148 valence electrons. The minimum absolute atomic E-state index is 0.0736. The number of aliphatic imine (C=N–C) groups is 1. The monoisotopic (exact) mass is 386 g/mol. The highest BCUT2D eigenvalue weighted by molar-refractivity contribution is 5.88. The van der Waals surface area contributed by atoms with Crippen molar-refractivity contribution in [3.05, 3.63) is 96.1 Å². The molecule has 29 heavy (non-hydrogen) atoms. The van der Waals surface area contributed by atoms with Gasteiger partial charge in [0, 0.05) is 13.0 Å². The van der Waals surface area contributed by atoms with Crippen molar-refractivity contribution in [2.45, 2.75) is 25.6 Å². The Morgan fingerprint density at radius 2 is 1.45 bits per heavy atom. The summed E-state index contributed by atoms with van der Waals surface area (Å²) in [7, 11) is 0. The molecule has 1 aliphatic heterocycles. The molecule has 1 N–H and O–H groups in total. The van der Waals surface area contributed by atoms with Crippen molar-refractivity contribution >= 4 is 5.84 Å². The first-order chi connectivity index (χ1) is 14.3. The molecule has 0 spiro atoms. The SMILES string of the molecule is CC(Oc1ccccc1OC(Cc1ccccc1)C1=NCCN1)c1ccccc1. The van der Waals surface area contributed by atoms with Crippen LogP contribution in [0.3, 0.4) is 0 Å². The van der Waals surface area contributed by atoms with Crippen LogP contribution in [-0.4, -0.2) is 25.0 Å². The predicted octanol–water partition coefficient (Wildman–Crippen LogP) is 4.82. The van der Waals surface area contributed by atoms with Crippen molar-refractivity contribution < 1.29 is 9.47 Å². The summed E-state index contributed by atoms with van der Waals surface area (Å²) >= 11 is 0. The van der Waals surface area contributed by atoms with E-state index in [1.165, 1.54) is 5.56 Å². The Morgan fingerprint density at radius 1 is 0.828 bits per heavy atom. The van der Waals surface area contributed by atoms with Gasteiger partial charge in [-0.2, -0.15) is 0 Å². The highest BCUT2D eigenvalue weighted by Crippen LogP contribution is 2.32. The molecule has 1 aliphatic rings. The summed E-state index contributed by atoms with van der Waals surface area (Å²) in [4.78, 5) is 4.61. The molecule has 3 aromatic carbocycles. The second-order valence-electron chi connectivity index (χ2n) is 7.11. The minimum Gasteiger partial charge on any atom is -0.482 e. The number of hydrogen-bond acceptors (Lipinski definition) is 4. The molecule has 0 radical (unpaired) electrons. The number of benzene rings is 3. The summed E-state index contributed by atoms with van der Waals surface area (Å²) in [5.41, 5.74) is 2.34. The van der Waals surface area contributed by atoms with Crippen LogP contribution in [-0.2, 0) is 6.42 Å². The van der Waals surface area contributed by atoms with Gasteiger partial charge in [-0.25, -0.2) is 0 Å². The topological polar surface area (TPSA) is 42.9 Å². The van der Waals surface area contributed by atoms with Gasteiger partial charge in [-0.15, -0.1) is 0 Å². The molecule has 4 nitrogen and oxygen atoms in total. The van der Waals surface area contributed by atoms with E-state index in [2.05, 4.69) is 53.6 Å². The molecule has 4 heteroatoms. The van der Waals surface area contributed by atoms with Gasteiger partial charge in [-0.1, -0.05) is 72.8 Å². The van der Waals surface area contributed by atoms with Gasteiger partial charge < -0.3 is 14.8 Å². The minimum atomic E-state index is -0.184. The molecule has 2 atom stereocenters. The molecule has 0 amide bonds. The number of para-hydroxylation sites is 2. The van der Waals surface area contributed by atoms with Crippen LogP contribution < -0.4 is 14.8 Å². The lowest BCUT2D eigenvalue weighted by atomic mass is 10.1. The van der Waals surface area contributed by atoms with E-state index in [9.17, 15) is 0 Å². The summed E-state index contributed by atoms with van der Waals surface area (Å²) in [6.45, 7) is 3.69. The number of hydrogen-bond donors (Lipinski definition) is 1. The number of ether oxygens (including phenoxy) is 2. The van der Waals surface area contributed by atoms with E-state index in [0.29, 0.717) is 0 Å². The highest BCUT2D eigenvalue weighted by atomic mass is 16.5. The van der Waals surface area contributed by atoms with Gasteiger partial charge >= 0.3 is 0 Å². The molecule has 2 unspecified atom stereocenters. The summed E-state index contributed by atoms with van der Waals surface area (Å²) < 4.78 is 12.7. The standard InChI is InChI=1S/C25H26N2O2/c1-19(21-12-6-3-7-13-21)28-22-14-8-9-15-23(22)29-24(25-26-16-17-27-25)18-20-10-4-2-5-11-20/h2-15,19,24H,16-18H2,1H3,(H,26,27). The lowest BCUT2D eigenvalue weighted by Crippen LogP contribution is -2.37. The Morgan fingerprint density at radius 3 is 2.10 bits per heavy atom. The van der Waals surface area contributed by atoms with Crippen LogP contribution in [0.4, 0.5) is 0 Å². The Hall–Kier alpha value is -3.27. The van der Waals surface area contributed by atoms with Gasteiger partial charge in [-0.05, 0) is 30.2 Å². The van der Waals surface area contributed by atoms with Crippen molar-refractivity contribution in [3.63, 3.8) is 0 Å². The van der Waals surface area contributed by atoms with Gasteiger partial charge in [0.1, 0.15) is 11.9 Å². The molecule has 0 saturated heterocycles. The van der Waals surface area contributed by atoms with Crippen LogP contribution in [0.25, 0.3) is 0 Å². The Bertz CT molecular complexity index is 941. The molecule has 1 heterocycles. The molecule has 0 aliphatic carbocycles. The second kappa shape index (κ2) is 9.28. The third-order valence-electron chi connectivity index (χ3n) is 4.96. The van der Waals surface area contributed by atoms with Crippen LogP contribution >= 0.6 is 0 Å². The first-order valence-electron chi connectivity index (χ1n) is 10.1. The fourth-order valence-electron chi connectivity index (χ4n) is 3.43. The van der Waals surface area contributed by atoms with E-state index in [0.717, 1.165) is 42.4 Å². The molecular weight excluding hydrogens is 360 g/mol. The Balaban J connectivity index is 1.54. The maximum absolute atomic E-state index is 6.45. The fourth-order valence-corrected chi connectivity index (χ4v) is 3.43. The number of nitrogens with zero attached hydrogens (tertiary/aromatic N) is 1. The average molecular weight is 386 g/mol. The van der Waals surface area contributed by atoms with Crippen LogP contribution in [0.5, 0.6) is 11.5 Å². The smallest absolute Gasteiger partial charge is 0.162 e. The Kier molecular flexibility index (Phi) is 6.10. The number of nitrogens with one attached hydrogen (secondary N) is 1. The average Bonchev–Trinajstić information content (AvgIpc) is 3.31. The Labute approximate surface area is 172 Å². The maximum atomic E-state index is 6.45. The lowest BCUT2D eigenvalue weighted by molar-refractivity contribution is 0.198. The van der Waals surface area contributed by atoms with Gasteiger partial charge in [0.05, 0.1) is 6.54 Å². The summed E-state index contributed by atoms with van der Waals surface area (Å²) in [5.74, 6) is 2.37. The molecule has 3 aromatic rings. The normalized spacial score (nSPS) is 15.1. The lowest BCUT2D eigenvalue weighted by Gasteiger charge is -2.23. The van der Waals surface area contributed by atoms with Gasteiger partial charge in [0.15, 0.2) is 17.6 Å².